The highest BCUT2D eigenvalue weighted by atomic mass is 79.9. The predicted molar refractivity (Wildman–Crippen MR) is 183 cm³/mol. The maximum absolute atomic E-state index is 15.3. The van der Waals surface area contributed by atoms with Crippen LogP contribution in [0.25, 0.3) is 22.3 Å². The van der Waals surface area contributed by atoms with E-state index >= 15 is 4.39 Å². The molecule has 0 saturated heterocycles. The van der Waals surface area contributed by atoms with Crippen molar-refractivity contribution < 1.29 is 37.1 Å². The van der Waals surface area contributed by atoms with Crippen molar-refractivity contribution in [3.05, 3.63) is 133 Å². The van der Waals surface area contributed by atoms with E-state index in [-0.39, 0.29) is 30.1 Å². The summed E-state index contributed by atoms with van der Waals surface area (Å²) < 4.78 is 65.3. The van der Waals surface area contributed by atoms with Gasteiger partial charge in [0, 0.05) is 16.6 Å². The molecule has 0 amide bonds. The van der Waals surface area contributed by atoms with Crippen LogP contribution in [-0.4, -0.2) is 31.4 Å². The smallest absolute Gasteiger partial charge is 0.492 e. The van der Waals surface area contributed by atoms with Crippen molar-refractivity contribution in [1.82, 2.24) is 0 Å². The Morgan fingerprint density at radius 2 is 1.15 bits per heavy atom. The third-order valence-electron chi connectivity index (χ3n) is 6.44. The molecule has 0 aliphatic carbocycles. The number of para-hydroxylation sites is 2. The van der Waals surface area contributed by atoms with Crippen LogP contribution in [0.2, 0.25) is 10.0 Å². The average molecular weight is 803 g/mol. The molecular weight excluding hydrogens is 778 g/mol. The van der Waals surface area contributed by atoms with E-state index in [1.807, 2.05) is 19.1 Å². The molecule has 240 valence electrons. The molecule has 4 nitrogen and oxygen atoms in total. The van der Waals surface area contributed by atoms with Crippen molar-refractivity contribution in [2.24, 2.45) is 0 Å². The van der Waals surface area contributed by atoms with Gasteiger partial charge in [-0.15, -0.1) is 0 Å². The second-order valence-corrected chi connectivity index (χ2v) is 11.7. The predicted octanol–water partition coefficient (Wildman–Crippen LogP) is 9.79. The first-order valence-corrected chi connectivity index (χ1v) is 15.5. The monoisotopic (exact) mass is 800 g/mol. The summed E-state index contributed by atoms with van der Waals surface area (Å²) in [5.41, 5.74) is 2.27. The Kier molecular flexibility index (Phi) is 14.0. The number of hydrogen-bond donors (Lipinski definition) is 2. The normalized spacial score (nSPS) is 10.3. The second-order valence-electron chi connectivity index (χ2n) is 9.32. The summed E-state index contributed by atoms with van der Waals surface area (Å²) in [4.78, 5) is 0. The Bertz CT molecular complexity index is 1800. The Hall–Kier alpha value is -3.06. The number of rotatable bonds is 5. The lowest BCUT2D eigenvalue weighted by Crippen LogP contribution is -2.30. The fourth-order valence-electron chi connectivity index (χ4n) is 4.21. The number of halogens is 8. The molecule has 5 aromatic rings. The van der Waals surface area contributed by atoms with Gasteiger partial charge >= 0.3 is 7.12 Å². The Morgan fingerprint density at radius 3 is 1.72 bits per heavy atom. The number of ether oxygens (including phenoxy) is 2. The van der Waals surface area contributed by atoms with Crippen LogP contribution in [-0.2, 0) is 0 Å². The van der Waals surface area contributed by atoms with Gasteiger partial charge in [-0.05, 0) is 74.2 Å². The number of methoxy groups -OCH3 is 2. The average Bonchev–Trinajstić information content (AvgIpc) is 3.04. The fraction of sp³-hybridized carbons (Fsp3) is 0.0909. The minimum absolute atomic E-state index is 0.0169. The molecule has 0 heterocycles. The van der Waals surface area contributed by atoms with Gasteiger partial charge in [-0.3, -0.25) is 0 Å². The summed E-state index contributed by atoms with van der Waals surface area (Å²) >= 11 is 17.2. The molecule has 0 spiro atoms. The highest BCUT2D eigenvalue weighted by Crippen LogP contribution is 2.42. The molecular formula is C33H25BBr2Cl2F4O4. The van der Waals surface area contributed by atoms with Crippen LogP contribution in [0.15, 0.2) is 93.9 Å². The van der Waals surface area contributed by atoms with Crippen LogP contribution in [0.3, 0.4) is 0 Å². The number of hydrogen-bond acceptors (Lipinski definition) is 4. The topological polar surface area (TPSA) is 58.9 Å². The Labute approximate surface area is 290 Å². The molecule has 13 heteroatoms. The Morgan fingerprint density at radius 1 is 0.630 bits per heavy atom. The SMILES string of the molecule is COc1ccccc1-c1c(F)cc(Cl)c(-c2ccccc2C)c1F.COc1ccccc1B(O)O.Fc1cc(Cl)c(Br)c(F)c1Br. The van der Waals surface area contributed by atoms with Gasteiger partial charge in [0.05, 0.1) is 38.8 Å². The van der Waals surface area contributed by atoms with E-state index in [1.54, 1.807) is 60.7 Å². The van der Waals surface area contributed by atoms with E-state index in [1.165, 1.54) is 14.2 Å². The summed E-state index contributed by atoms with van der Waals surface area (Å²) in [7, 11) is 1.49. The molecule has 0 radical (unpaired) electrons. The first kappa shape index (κ1) is 37.4. The van der Waals surface area contributed by atoms with Crippen LogP contribution in [0, 0.1) is 30.2 Å². The van der Waals surface area contributed by atoms with Crippen molar-refractivity contribution in [1.29, 1.82) is 0 Å². The number of benzene rings is 5. The van der Waals surface area contributed by atoms with Gasteiger partial charge in [0.2, 0.25) is 0 Å². The van der Waals surface area contributed by atoms with Gasteiger partial charge in [-0.25, -0.2) is 17.6 Å². The van der Waals surface area contributed by atoms with E-state index in [2.05, 4.69) is 31.9 Å². The molecule has 46 heavy (non-hydrogen) atoms. The molecule has 0 aromatic heterocycles. The highest BCUT2D eigenvalue weighted by Gasteiger charge is 2.23. The van der Waals surface area contributed by atoms with E-state index in [0.29, 0.717) is 28.1 Å². The van der Waals surface area contributed by atoms with Crippen LogP contribution in [0.4, 0.5) is 17.6 Å². The quantitative estimate of drug-likeness (QED) is 0.0805. The van der Waals surface area contributed by atoms with Gasteiger partial charge in [-0.2, -0.15) is 0 Å². The maximum atomic E-state index is 15.3. The summed E-state index contributed by atoms with van der Waals surface area (Å²) in [5.74, 6) is -1.97. The summed E-state index contributed by atoms with van der Waals surface area (Å²) in [6.45, 7) is 1.86. The van der Waals surface area contributed by atoms with Crippen molar-refractivity contribution in [3.8, 4) is 33.8 Å². The molecule has 5 rings (SSSR count). The van der Waals surface area contributed by atoms with Crippen LogP contribution in [0.1, 0.15) is 5.56 Å². The van der Waals surface area contributed by atoms with Crippen molar-refractivity contribution in [2.45, 2.75) is 6.92 Å². The van der Waals surface area contributed by atoms with Gasteiger partial charge in [0.15, 0.2) is 5.82 Å². The molecule has 0 aliphatic rings. The lowest BCUT2D eigenvalue weighted by Gasteiger charge is -2.15. The van der Waals surface area contributed by atoms with E-state index < -0.39 is 30.4 Å². The van der Waals surface area contributed by atoms with E-state index in [4.69, 9.17) is 42.7 Å². The van der Waals surface area contributed by atoms with Crippen LogP contribution in [0.5, 0.6) is 11.5 Å². The standard InChI is InChI=1S/C20H15ClF2O.C7H9BO3.C6HBr2ClF2/c1-12-7-3-4-8-13(12)18-15(21)11-16(22)19(20(18)23)14-9-5-6-10-17(14)24-2;1-11-7-5-3-2-4-6(7)8(9)10;7-4-2(9)1-3(10)5(8)6(4)11/h3-11H,1-2H3;2-5,9-10H,1H3;1H. The largest absolute Gasteiger partial charge is 0.497 e. The summed E-state index contributed by atoms with van der Waals surface area (Å²) in [6, 6.07) is 23.0. The highest BCUT2D eigenvalue weighted by molar-refractivity contribution is 9.11. The van der Waals surface area contributed by atoms with Gasteiger partial charge in [0.25, 0.3) is 0 Å². The molecule has 0 bridgehead atoms. The third-order valence-corrected chi connectivity index (χ3v) is 8.76. The lowest BCUT2D eigenvalue weighted by molar-refractivity contribution is 0.403. The van der Waals surface area contributed by atoms with Crippen molar-refractivity contribution in [2.75, 3.05) is 14.2 Å². The zero-order chi connectivity index (χ0) is 34.1. The molecule has 0 saturated carbocycles. The third kappa shape index (κ3) is 8.84. The summed E-state index contributed by atoms with van der Waals surface area (Å²) in [5, 5.41) is 17.7. The van der Waals surface area contributed by atoms with Gasteiger partial charge in [0.1, 0.15) is 29.0 Å². The molecule has 2 N–H and O–H groups in total. The molecule has 0 atom stereocenters. The van der Waals surface area contributed by atoms with E-state index in [0.717, 1.165) is 17.7 Å². The Balaban J connectivity index is 0.000000217. The molecule has 0 fully saturated rings. The zero-order valence-corrected chi connectivity index (χ0v) is 29.1. The minimum Gasteiger partial charge on any atom is -0.497 e. The zero-order valence-electron chi connectivity index (χ0n) is 24.4. The lowest BCUT2D eigenvalue weighted by atomic mass is 9.80. The van der Waals surface area contributed by atoms with Crippen LogP contribution >= 0.6 is 55.1 Å². The van der Waals surface area contributed by atoms with Crippen molar-refractivity contribution >= 4 is 67.6 Å². The van der Waals surface area contributed by atoms with Crippen molar-refractivity contribution in [3.63, 3.8) is 0 Å². The molecule has 0 aliphatic heterocycles. The first-order valence-electron chi connectivity index (χ1n) is 13.2. The van der Waals surface area contributed by atoms with Gasteiger partial charge in [-0.1, -0.05) is 83.9 Å². The van der Waals surface area contributed by atoms with Crippen LogP contribution < -0.4 is 14.9 Å². The van der Waals surface area contributed by atoms with Gasteiger partial charge < -0.3 is 19.5 Å². The fourth-order valence-corrected chi connectivity index (χ4v) is 5.56. The number of aryl methyl sites for hydroxylation is 1. The first-order chi connectivity index (χ1) is 21.8. The summed E-state index contributed by atoms with van der Waals surface area (Å²) in [6.07, 6.45) is 0. The maximum Gasteiger partial charge on any atom is 0.492 e. The van der Waals surface area contributed by atoms with E-state index in [9.17, 15) is 13.2 Å². The minimum atomic E-state index is -1.47. The molecule has 0 unspecified atom stereocenters. The second kappa shape index (κ2) is 17.2. The molecule has 5 aromatic carbocycles.